The van der Waals surface area contributed by atoms with E-state index in [1.165, 1.54) is 7.11 Å². The van der Waals surface area contributed by atoms with Crippen molar-refractivity contribution in [2.24, 2.45) is 0 Å². The molecule has 0 aromatic heterocycles. The molecule has 0 unspecified atom stereocenters. The van der Waals surface area contributed by atoms with Crippen molar-refractivity contribution in [3.63, 3.8) is 0 Å². The molecular formula is C19H30N2O4. The first-order valence-corrected chi connectivity index (χ1v) is 8.47. The molecule has 2 atom stereocenters. The summed E-state index contributed by atoms with van der Waals surface area (Å²) >= 11 is 0. The highest BCUT2D eigenvalue weighted by molar-refractivity contribution is 5.76. The lowest BCUT2D eigenvalue weighted by molar-refractivity contribution is -0.143. The van der Waals surface area contributed by atoms with Gasteiger partial charge in [-0.15, -0.1) is 0 Å². The van der Waals surface area contributed by atoms with E-state index in [0.717, 1.165) is 11.1 Å². The number of nitrogens with one attached hydrogen (secondary N) is 2. The molecule has 0 spiro atoms. The van der Waals surface area contributed by atoms with Crippen LogP contribution in [0, 0.1) is 6.92 Å². The molecule has 6 heteroatoms. The van der Waals surface area contributed by atoms with Gasteiger partial charge in [0.15, 0.2) is 0 Å². The van der Waals surface area contributed by atoms with Crippen LogP contribution in [0.25, 0.3) is 0 Å². The number of amides is 1. The number of esters is 1. The van der Waals surface area contributed by atoms with E-state index in [0.29, 0.717) is 13.0 Å². The van der Waals surface area contributed by atoms with Crippen LogP contribution in [0.3, 0.4) is 0 Å². The Morgan fingerprint density at radius 1 is 1.24 bits per heavy atom. The van der Waals surface area contributed by atoms with Crippen LogP contribution in [-0.4, -0.2) is 43.4 Å². The van der Waals surface area contributed by atoms with Crippen molar-refractivity contribution in [2.75, 3.05) is 13.7 Å². The number of ether oxygens (including phenoxy) is 2. The monoisotopic (exact) mass is 350 g/mol. The SMILES string of the molecule is COC(=O)[C@H](Cc1cccc(C)c1)NC[C@@H](C)NC(=O)OC(C)(C)C. The minimum atomic E-state index is -0.545. The minimum Gasteiger partial charge on any atom is -0.468 e. The normalized spacial score (nSPS) is 13.7. The third-order valence-electron chi connectivity index (χ3n) is 3.44. The Bertz CT molecular complexity index is 581. The molecule has 2 N–H and O–H groups in total. The Balaban J connectivity index is 2.58. The van der Waals surface area contributed by atoms with Crippen molar-refractivity contribution >= 4 is 12.1 Å². The molecule has 1 aromatic carbocycles. The molecule has 1 aromatic rings. The van der Waals surface area contributed by atoms with E-state index >= 15 is 0 Å². The summed E-state index contributed by atoms with van der Waals surface area (Å²) in [5.74, 6) is -0.328. The van der Waals surface area contributed by atoms with E-state index in [2.05, 4.69) is 10.6 Å². The minimum absolute atomic E-state index is 0.195. The van der Waals surface area contributed by atoms with E-state index in [9.17, 15) is 9.59 Å². The number of benzene rings is 1. The third kappa shape index (κ3) is 8.54. The molecule has 0 aliphatic rings. The van der Waals surface area contributed by atoms with Gasteiger partial charge in [-0.05, 0) is 46.6 Å². The fourth-order valence-corrected chi connectivity index (χ4v) is 2.33. The van der Waals surface area contributed by atoms with Crippen LogP contribution in [0.15, 0.2) is 24.3 Å². The molecule has 1 amide bonds. The maximum Gasteiger partial charge on any atom is 0.407 e. The van der Waals surface area contributed by atoms with Crippen LogP contribution >= 0.6 is 0 Å². The topological polar surface area (TPSA) is 76.7 Å². The van der Waals surface area contributed by atoms with E-state index < -0.39 is 17.7 Å². The summed E-state index contributed by atoms with van der Waals surface area (Å²) in [7, 11) is 1.37. The van der Waals surface area contributed by atoms with Crippen molar-refractivity contribution in [3.8, 4) is 0 Å². The second-order valence-corrected chi connectivity index (χ2v) is 7.22. The summed E-state index contributed by atoms with van der Waals surface area (Å²) in [4.78, 5) is 23.8. The van der Waals surface area contributed by atoms with Crippen molar-refractivity contribution in [1.82, 2.24) is 10.6 Å². The molecule has 1 rings (SSSR count). The summed E-state index contributed by atoms with van der Waals surface area (Å²) in [6, 6.07) is 7.32. The molecule has 25 heavy (non-hydrogen) atoms. The fourth-order valence-electron chi connectivity index (χ4n) is 2.33. The zero-order valence-corrected chi connectivity index (χ0v) is 16.0. The number of hydrogen-bond donors (Lipinski definition) is 2. The van der Waals surface area contributed by atoms with Gasteiger partial charge in [-0.2, -0.15) is 0 Å². The van der Waals surface area contributed by atoms with Crippen LogP contribution in [0.4, 0.5) is 4.79 Å². The van der Waals surface area contributed by atoms with Crippen molar-refractivity contribution < 1.29 is 19.1 Å². The second kappa shape index (κ2) is 9.42. The summed E-state index contributed by atoms with van der Waals surface area (Å²) in [5.41, 5.74) is 1.65. The highest BCUT2D eigenvalue weighted by Gasteiger charge is 2.22. The molecule has 140 valence electrons. The van der Waals surface area contributed by atoms with Crippen LogP contribution in [0.1, 0.15) is 38.8 Å². The van der Waals surface area contributed by atoms with E-state index in [4.69, 9.17) is 9.47 Å². The van der Waals surface area contributed by atoms with Crippen molar-refractivity contribution in [1.29, 1.82) is 0 Å². The Labute approximate surface area is 150 Å². The van der Waals surface area contributed by atoms with Gasteiger partial charge in [-0.25, -0.2) is 4.79 Å². The van der Waals surface area contributed by atoms with Gasteiger partial charge >= 0.3 is 12.1 Å². The first-order chi connectivity index (χ1) is 11.6. The van der Waals surface area contributed by atoms with Gasteiger partial charge < -0.3 is 20.1 Å². The Morgan fingerprint density at radius 3 is 2.48 bits per heavy atom. The quantitative estimate of drug-likeness (QED) is 0.739. The number of rotatable bonds is 7. The lowest BCUT2D eigenvalue weighted by atomic mass is 10.0. The zero-order valence-electron chi connectivity index (χ0n) is 16.0. The lowest BCUT2D eigenvalue weighted by Gasteiger charge is -2.23. The zero-order chi connectivity index (χ0) is 19.0. The molecule has 0 aliphatic heterocycles. The molecule has 0 radical (unpaired) electrons. The molecule has 0 aliphatic carbocycles. The van der Waals surface area contributed by atoms with Gasteiger partial charge in [0.05, 0.1) is 7.11 Å². The Hall–Kier alpha value is -2.08. The second-order valence-electron chi connectivity index (χ2n) is 7.22. The largest absolute Gasteiger partial charge is 0.468 e. The van der Waals surface area contributed by atoms with Crippen molar-refractivity contribution in [3.05, 3.63) is 35.4 Å². The highest BCUT2D eigenvalue weighted by atomic mass is 16.6. The molecule has 0 saturated heterocycles. The number of aryl methyl sites for hydroxylation is 1. The molecule has 6 nitrogen and oxygen atoms in total. The predicted octanol–water partition coefficient (Wildman–Crippen LogP) is 2.58. The summed E-state index contributed by atoms with van der Waals surface area (Å²) in [6.07, 6.45) is 0.0446. The molecule has 0 fully saturated rings. The highest BCUT2D eigenvalue weighted by Crippen LogP contribution is 2.09. The summed E-state index contributed by atoms with van der Waals surface area (Å²) in [5, 5.41) is 5.91. The van der Waals surface area contributed by atoms with Crippen LogP contribution in [-0.2, 0) is 20.7 Å². The average Bonchev–Trinajstić information content (AvgIpc) is 2.48. The summed E-state index contributed by atoms with van der Waals surface area (Å²) < 4.78 is 10.1. The Kier molecular flexibility index (Phi) is 7.90. The maximum absolute atomic E-state index is 12.0. The first kappa shape index (κ1) is 21.0. The first-order valence-electron chi connectivity index (χ1n) is 8.47. The van der Waals surface area contributed by atoms with Gasteiger partial charge in [0.2, 0.25) is 0 Å². The van der Waals surface area contributed by atoms with Crippen LogP contribution < -0.4 is 10.6 Å². The van der Waals surface area contributed by atoms with E-state index in [1.807, 2.05) is 58.9 Å². The number of carbonyl (C=O) groups is 2. The van der Waals surface area contributed by atoms with Crippen LogP contribution in [0.5, 0.6) is 0 Å². The van der Waals surface area contributed by atoms with Gasteiger partial charge in [-0.1, -0.05) is 29.8 Å². The maximum atomic E-state index is 12.0. The predicted molar refractivity (Wildman–Crippen MR) is 97.5 cm³/mol. The van der Waals surface area contributed by atoms with Gasteiger partial charge in [0.1, 0.15) is 11.6 Å². The summed E-state index contributed by atoms with van der Waals surface area (Å²) in [6.45, 7) is 9.71. The number of carbonyl (C=O) groups excluding carboxylic acids is 2. The molecular weight excluding hydrogens is 320 g/mol. The van der Waals surface area contributed by atoms with E-state index in [-0.39, 0.29) is 12.0 Å². The average molecular weight is 350 g/mol. The molecule has 0 saturated carbocycles. The lowest BCUT2D eigenvalue weighted by Crippen LogP contribution is -2.48. The smallest absolute Gasteiger partial charge is 0.407 e. The molecule has 0 heterocycles. The van der Waals surface area contributed by atoms with Gasteiger partial charge in [0.25, 0.3) is 0 Å². The van der Waals surface area contributed by atoms with Gasteiger partial charge in [0, 0.05) is 12.6 Å². The number of alkyl carbamates (subject to hydrolysis) is 1. The van der Waals surface area contributed by atoms with E-state index in [1.54, 1.807) is 0 Å². The van der Waals surface area contributed by atoms with Crippen molar-refractivity contribution in [2.45, 2.75) is 58.7 Å². The standard InChI is InChI=1S/C19H30N2O4/c1-13-8-7-9-15(10-13)11-16(17(22)24-6)20-12-14(2)21-18(23)25-19(3,4)5/h7-10,14,16,20H,11-12H2,1-6H3,(H,21,23)/t14-,16+/m1/s1. The van der Waals surface area contributed by atoms with Crippen LogP contribution in [0.2, 0.25) is 0 Å². The fraction of sp³-hybridized carbons (Fsp3) is 0.579. The number of hydrogen-bond acceptors (Lipinski definition) is 5. The third-order valence-corrected chi connectivity index (χ3v) is 3.44. The number of methoxy groups -OCH3 is 1. The van der Waals surface area contributed by atoms with Gasteiger partial charge in [-0.3, -0.25) is 4.79 Å². The molecule has 0 bridgehead atoms. The Morgan fingerprint density at radius 2 is 1.92 bits per heavy atom.